The van der Waals surface area contributed by atoms with Gasteiger partial charge in [0.2, 0.25) is 5.91 Å². The van der Waals surface area contributed by atoms with Crippen LogP contribution in [0.5, 0.6) is 0 Å². The first-order valence-electron chi connectivity index (χ1n) is 8.39. The maximum atomic E-state index is 12.7. The largest absolute Gasteiger partial charge is 0.340 e. The van der Waals surface area contributed by atoms with E-state index < -0.39 is 11.2 Å². The molecule has 0 bridgehead atoms. The third kappa shape index (κ3) is 3.44. The molecular formula is C20H21N3O3. The Hall–Kier alpha value is -3.15. The molecule has 1 amide bonds. The average Bonchev–Trinajstić information content (AvgIpc) is 2.60. The molecule has 0 fully saturated rings. The van der Waals surface area contributed by atoms with Gasteiger partial charge in [0.15, 0.2) is 0 Å². The van der Waals surface area contributed by atoms with Crippen molar-refractivity contribution in [3.63, 3.8) is 0 Å². The predicted octanol–water partition coefficient (Wildman–Crippen LogP) is 1.97. The number of fused-ring (bicyclic) bond motifs is 1. The Morgan fingerprint density at radius 3 is 2.58 bits per heavy atom. The fraction of sp³-hybridized carbons (Fsp3) is 0.250. The minimum Gasteiger partial charge on any atom is -0.340 e. The van der Waals surface area contributed by atoms with Crippen LogP contribution >= 0.6 is 0 Å². The summed E-state index contributed by atoms with van der Waals surface area (Å²) in [4.78, 5) is 40.6. The van der Waals surface area contributed by atoms with Gasteiger partial charge in [-0.05, 0) is 37.1 Å². The molecule has 0 spiro atoms. The number of aromatic amines is 1. The molecule has 6 heteroatoms. The Morgan fingerprint density at radius 1 is 1.12 bits per heavy atom. The van der Waals surface area contributed by atoms with Gasteiger partial charge < -0.3 is 4.90 Å². The van der Waals surface area contributed by atoms with Crippen molar-refractivity contribution in [3.8, 4) is 0 Å². The topological polar surface area (TPSA) is 75.2 Å². The van der Waals surface area contributed by atoms with Gasteiger partial charge in [-0.25, -0.2) is 4.79 Å². The molecule has 0 aliphatic carbocycles. The van der Waals surface area contributed by atoms with E-state index in [1.807, 2.05) is 26.0 Å². The van der Waals surface area contributed by atoms with E-state index in [9.17, 15) is 14.4 Å². The van der Waals surface area contributed by atoms with Crippen LogP contribution in [0.25, 0.3) is 10.9 Å². The highest BCUT2D eigenvalue weighted by Crippen LogP contribution is 2.13. The first-order valence-corrected chi connectivity index (χ1v) is 8.39. The lowest BCUT2D eigenvalue weighted by molar-refractivity contribution is -0.131. The molecule has 0 radical (unpaired) electrons. The fourth-order valence-corrected chi connectivity index (χ4v) is 3.02. The number of rotatable bonds is 4. The molecule has 1 aromatic heterocycles. The number of carbonyl (C=O) groups excluding carboxylic acids is 1. The smallest absolute Gasteiger partial charge is 0.329 e. The van der Waals surface area contributed by atoms with Crippen LogP contribution in [0.4, 0.5) is 0 Å². The molecule has 6 nitrogen and oxygen atoms in total. The first kappa shape index (κ1) is 17.7. The highest BCUT2D eigenvalue weighted by molar-refractivity contribution is 5.81. The van der Waals surface area contributed by atoms with Crippen LogP contribution in [-0.4, -0.2) is 27.4 Å². The number of likely N-dealkylation sites (N-methyl/N-ethyl adjacent to an activating group) is 1. The summed E-state index contributed by atoms with van der Waals surface area (Å²) in [5, 5.41) is 0.386. The number of para-hydroxylation sites is 1. The van der Waals surface area contributed by atoms with Crippen molar-refractivity contribution in [2.75, 3.05) is 7.05 Å². The van der Waals surface area contributed by atoms with E-state index in [-0.39, 0.29) is 12.5 Å². The van der Waals surface area contributed by atoms with Gasteiger partial charge in [0, 0.05) is 13.6 Å². The molecule has 0 aliphatic heterocycles. The van der Waals surface area contributed by atoms with Gasteiger partial charge in [-0.15, -0.1) is 0 Å². The number of hydrogen-bond acceptors (Lipinski definition) is 3. The number of nitrogens with zero attached hydrogens (tertiary/aromatic N) is 2. The van der Waals surface area contributed by atoms with Gasteiger partial charge in [0.25, 0.3) is 5.56 Å². The normalized spacial score (nSPS) is 10.9. The Labute approximate surface area is 150 Å². The molecule has 3 rings (SSSR count). The number of aryl methyl sites for hydroxylation is 2. The van der Waals surface area contributed by atoms with Crippen molar-refractivity contribution in [1.29, 1.82) is 0 Å². The van der Waals surface area contributed by atoms with Crippen molar-refractivity contribution in [2.45, 2.75) is 26.9 Å². The second kappa shape index (κ2) is 7.00. The number of nitrogens with one attached hydrogen (secondary N) is 1. The third-order valence-corrected chi connectivity index (χ3v) is 4.53. The summed E-state index contributed by atoms with van der Waals surface area (Å²) in [5.74, 6) is -0.204. The van der Waals surface area contributed by atoms with Gasteiger partial charge in [-0.3, -0.25) is 19.1 Å². The number of benzene rings is 2. The van der Waals surface area contributed by atoms with Crippen molar-refractivity contribution >= 4 is 16.8 Å². The quantitative estimate of drug-likeness (QED) is 0.781. The number of H-pyrrole nitrogens is 1. The zero-order valence-electron chi connectivity index (χ0n) is 15.1. The van der Waals surface area contributed by atoms with Gasteiger partial charge in [0.1, 0.15) is 6.54 Å². The summed E-state index contributed by atoms with van der Waals surface area (Å²) < 4.78 is 1.30. The third-order valence-electron chi connectivity index (χ3n) is 4.53. The second-order valence-electron chi connectivity index (χ2n) is 6.54. The molecule has 2 aromatic carbocycles. The van der Waals surface area contributed by atoms with E-state index in [1.165, 1.54) is 10.1 Å². The van der Waals surface area contributed by atoms with E-state index in [0.29, 0.717) is 17.4 Å². The van der Waals surface area contributed by atoms with Crippen molar-refractivity contribution < 1.29 is 4.79 Å². The zero-order chi connectivity index (χ0) is 18.8. The van der Waals surface area contributed by atoms with Gasteiger partial charge in [-0.1, -0.05) is 35.9 Å². The summed E-state index contributed by atoms with van der Waals surface area (Å²) >= 11 is 0. The van der Waals surface area contributed by atoms with Crippen molar-refractivity contribution in [2.24, 2.45) is 0 Å². The molecule has 26 heavy (non-hydrogen) atoms. The summed E-state index contributed by atoms with van der Waals surface area (Å²) in [6.45, 7) is 4.37. The highest BCUT2D eigenvalue weighted by atomic mass is 16.2. The lowest BCUT2D eigenvalue weighted by Gasteiger charge is -2.20. The van der Waals surface area contributed by atoms with E-state index in [2.05, 4.69) is 11.1 Å². The lowest BCUT2D eigenvalue weighted by atomic mass is 10.1. The van der Waals surface area contributed by atoms with Crippen LogP contribution in [0.3, 0.4) is 0 Å². The molecule has 0 saturated carbocycles. The molecule has 0 saturated heterocycles. The van der Waals surface area contributed by atoms with Gasteiger partial charge in [0.05, 0.1) is 10.9 Å². The summed E-state index contributed by atoms with van der Waals surface area (Å²) in [6.07, 6.45) is 0. The maximum absolute atomic E-state index is 12.7. The Bertz CT molecular complexity index is 1100. The molecule has 1 N–H and O–H groups in total. The molecule has 0 aliphatic rings. The number of aromatic nitrogens is 2. The molecular weight excluding hydrogens is 330 g/mol. The van der Waals surface area contributed by atoms with E-state index >= 15 is 0 Å². The minimum atomic E-state index is -0.582. The predicted molar refractivity (Wildman–Crippen MR) is 101 cm³/mol. The van der Waals surface area contributed by atoms with E-state index in [4.69, 9.17) is 0 Å². The Morgan fingerprint density at radius 2 is 1.85 bits per heavy atom. The fourth-order valence-electron chi connectivity index (χ4n) is 3.02. The standard InChI is InChI=1S/C20H21N3O3/c1-13-8-9-15(14(2)10-13)11-22(3)18(24)12-23-17-7-5-4-6-16(17)19(25)21-20(23)26/h4-10H,11-12H2,1-3H3,(H,21,25,26). The minimum absolute atomic E-state index is 0.127. The monoisotopic (exact) mass is 351 g/mol. The number of amides is 1. The van der Waals surface area contributed by atoms with Crippen LogP contribution < -0.4 is 11.2 Å². The summed E-state index contributed by atoms with van der Waals surface area (Å²) in [5.41, 5.74) is 2.78. The van der Waals surface area contributed by atoms with Crippen molar-refractivity contribution in [1.82, 2.24) is 14.5 Å². The highest BCUT2D eigenvalue weighted by Gasteiger charge is 2.15. The first-order chi connectivity index (χ1) is 12.4. The second-order valence-corrected chi connectivity index (χ2v) is 6.54. The van der Waals surface area contributed by atoms with Crippen LogP contribution in [0, 0.1) is 13.8 Å². The maximum Gasteiger partial charge on any atom is 0.329 e. The van der Waals surface area contributed by atoms with E-state index in [1.54, 1.807) is 36.2 Å². The SMILES string of the molecule is Cc1ccc(CN(C)C(=O)Cn2c(=O)[nH]c(=O)c3ccccc32)c(C)c1. The van der Waals surface area contributed by atoms with Crippen LogP contribution in [0.15, 0.2) is 52.1 Å². The Kier molecular flexibility index (Phi) is 4.75. The summed E-state index contributed by atoms with van der Waals surface area (Å²) in [6, 6.07) is 12.9. The molecule has 0 unspecified atom stereocenters. The zero-order valence-corrected chi connectivity index (χ0v) is 15.1. The molecule has 134 valence electrons. The number of carbonyl (C=O) groups is 1. The van der Waals surface area contributed by atoms with Gasteiger partial charge >= 0.3 is 5.69 Å². The van der Waals surface area contributed by atoms with Gasteiger partial charge in [-0.2, -0.15) is 0 Å². The lowest BCUT2D eigenvalue weighted by Crippen LogP contribution is -2.37. The van der Waals surface area contributed by atoms with E-state index in [0.717, 1.165) is 11.1 Å². The Balaban J connectivity index is 1.87. The molecule has 0 atom stereocenters. The molecule has 3 aromatic rings. The van der Waals surface area contributed by atoms with Crippen LogP contribution in [-0.2, 0) is 17.9 Å². The number of hydrogen-bond donors (Lipinski definition) is 1. The van der Waals surface area contributed by atoms with Crippen LogP contribution in [0.2, 0.25) is 0 Å². The summed E-state index contributed by atoms with van der Waals surface area (Å²) in [7, 11) is 1.71. The molecule has 1 heterocycles. The van der Waals surface area contributed by atoms with Crippen molar-refractivity contribution in [3.05, 3.63) is 80.0 Å². The van der Waals surface area contributed by atoms with Crippen LogP contribution in [0.1, 0.15) is 16.7 Å². The average molecular weight is 351 g/mol.